The van der Waals surface area contributed by atoms with E-state index in [-0.39, 0.29) is 30.7 Å². The summed E-state index contributed by atoms with van der Waals surface area (Å²) >= 11 is 0. The number of nitrogens with zero attached hydrogens (tertiary/aromatic N) is 1. The van der Waals surface area contributed by atoms with Crippen molar-refractivity contribution in [2.75, 3.05) is 26.2 Å². The maximum absolute atomic E-state index is 12.2. The maximum Gasteiger partial charge on any atom is 0.240 e. The lowest BCUT2D eigenvalue weighted by Crippen LogP contribution is -2.55. The standard InChI is InChI=1S/C18H35N3O.2ClH/c1-15-12-16(2)14-21(13-15)11-7-6-10-20-17(22)18(19)8-4-3-5-9-18;;/h15-16H,3-14,19H2,1-2H3,(H,20,22);2*1H. The quantitative estimate of drug-likeness (QED) is 0.693. The van der Waals surface area contributed by atoms with E-state index in [1.165, 1.54) is 25.9 Å². The second-order valence-electron chi connectivity index (χ2n) is 7.89. The van der Waals surface area contributed by atoms with Gasteiger partial charge in [0.2, 0.25) is 5.91 Å². The van der Waals surface area contributed by atoms with Gasteiger partial charge >= 0.3 is 0 Å². The summed E-state index contributed by atoms with van der Waals surface area (Å²) in [6.07, 6.45) is 8.69. The van der Waals surface area contributed by atoms with Crippen molar-refractivity contribution >= 4 is 30.7 Å². The number of nitrogens with two attached hydrogens (primary N) is 1. The van der Waals surface area contributed by atoms with Crippen LogP contribution in [0.2, 0.25) is 0 Å². The number of carbonyl (C=O) groups excluding carboxylic acids is 1. The van der Waals surface area contributed by atoms with Crippen LogP contribution in [0.5, 0.6) is 0 Å². The zero-order valence-electron chi connectivity index (χ0n) is 15.4. The average Bonchev–Trinajstić information content (AvgIpc) is 2.46. The second kappa shape index (κ2) is 11.6. The van der Waals surface area contributed by atoms with E-state index in [4.69, 9.17) is 5.73 Å². The number of hydrogen-bond acceptors (Lipinski definition) is 3. The number of hydrogen-bond donors (Lipinski definition) is 2. The minimum atomic E-state index is -0.587. The van der Waals surface area contributed by atoms with Crippen LogP contribution in [0, 0.1) is 11.8 Å². The van der Waals surface area contributed by atoms with Gasteiger partial charge in [0.1, 0.15) is 0 Å². The number of nitrogens with one attached hydrogen (secondary N) is 1. The molecule has 0 spiro atoms. The summed E-state index contributed by atoms with van der Waals surface area (Å²) in [6.45, 7) is 9.13. The van der Waals surface area contributed by atoms with Gasteiger partial charge in [-0.1, -0.05) is 33.1 Å². The second-order valence-corrected chi connectivity index (χ2v) is 7.89. The molecule has 1 heterocycles. The van der Waals surface area contributed by atoms with Crippen LogP contribution in [0.1, 0.15) is 65.2 Å². The summed E-state index contributed by atoms with van der Waals surface area (Å²) in [4.78, 5) is 14.8. The van der Waals surface area contributed by atoms with Crippen molar-refractivity contribution < 1.29 is 4.79 Å². The van der Waals surface area contributed by atoms with Crippen molar-refractivity contribution in [3.8, 4) is 0 Å². The molecular formula is C18H37Cl2N3O. The first-order chi connectivity index (χ1) is 10.5. The van der Waals surface area contributed by atoms with Gasteiger partial charge in [0.15, 0.2) is 0 Å². The third kappa shape index (κ3) is 7.47. The van der Waals surface area contributed by atoms with E-state index in [0.717, 1.165) is 63.5 Å². The van der Waals surface area contributed by atoms with E-state index < -0.39 is 5.54 Å². The van der Waals surface area contributed by atoms with Crippen molar-refractivity contribution in [3.63, 3.8) is 0 Å². The van der Waals surface area contributed by atoms with Crippen molar-refractivity contribution in [1.82, 2.24) is 10.2 Å². The molecule has 4 nitrogen and oxygen atoms in total. The highest BCUT2D eigenvalue weighted by Crippen LogP contribution is 2.26. The smallest absolute Gasteiger partial charge is 0.240 e. The molecule has 1 aliphatic carbocycles. The molecule has 0 aromatic rings. The number of halogens is 2. The summed E-state index contributed by atoms with van der Waals surface area (Å²) in [7, 11) is 0. The van der Waals surface area contributed by atoms with E-state index in [1.807, 2.05) is 0 Å². The van der Waals surface area contributed by atoms with Gasteiger partial charge in [0.25, 0.3) is 0 Å². The van der Waals surface area contributed by atoms with Gasteiger partial charge in [-0.3, -0.25) is 4.79 Å². The fourth-order valence-electron chi connectivity index (χ4n) is 4.22. The van der Waals surface area contributed by atoms with E-state index in [2.05, 4.69) is 24.1 Å². The van der Waals surface area contributed by atoms with Gasteiger partial charge < -0.3 is 16.0 Å². The lowest BCUT2D eigenvalue weighted by atomic mass is 9.82. The molecule has 144 valence electrons. The molecular weight excluding hydrogens is 345 g/mol. The van der Waals surface area contributed by atoms with Gasteiger partial charge in [-0.2, -0.15) is 0 Å². The van der Waals surface area contributed by atoms with Crippen LogP contribution in [-0.2, 0) is 4.79 Å². The Labute approximate surface area is 160 Å². The zero-order chi connectivity index (χ0) is 16.0. The minimum Gasteiger partial charge on any atom is -0.355 e. The Morgan fingerprint density at radius 3 is 2.25 bits per heavy atom. The molecule has 6 heteroatoms. The van der Waals surface area contributed by atoms with E-state index >= 15 is 0 Å². The monoisotopic (exact) mass is 381 g/mol. The molecule has 24 heavy (non-hydrogen) atoms. The SMILES string of the molecule is CC1CC(C)CN(CCCCNC(=O)C2(N)CCCCC2)C1.Cl.Cl. The molecule has 1 saturated heterocycles. The van der Waals surface area contributed by atoms with Gasteiger partial charge in [-0.25, -0.2) is 0 Å². The highest BCUT2D eigenvalue weighted by Gasteiger charge is 2.34. The van der Waals surface area contributed by atoms with Crippen molar-refractivity contribution in [2.24, 2.45) is 17.6 Å². The van der Waals surface area contributed by atoms with Gasteiger partial charge in [0, 0.05) is 19.6 Å². The van der Waals surface area contributed by atoms with E-state index in [0.29, 0.717) is 0 Å². The van der Waals surface area contributed by atoms with Crippen LogP contribution in [-0.4, -0.2) is 42.5 Å². The van der Waals surface area contributed by atoms with E-state index in [1.54, 1.807) is 0 Å². The van der Waals surface area contributed by atoms with Crippen LogP contribution in [0.15, 0.2) is 0 Å². The summed E-state index contributed by atoms with van der Waals surface area (Å²) in [5.41, 5.74) is 5.66. The Kier molecular flexibility index (Phi) is 11.5. The Morgan fingerprint density at radius 2 is 1.67 bits per heavy atom. The Balaban J connectivity index is 0.00000264. The highest BCUT2D eigenvalue weighted by molar-refractivity contribution is 5.86. The predicted molar refractivity (Wildman–Crippen MR) is 106 cm³/mol. The normalized spacial score (nSPS) is 26.8. The van der Waals surface area contributed by atoms with Crippen LogP contribution < -0.4 is 11.1 Å². The topological polar surface area (TPSA) is 58.4 Å². The molecule has 2 aliphatic rings. The molecule has 2 unspecified atom stereocenters. The summed E-state index contributed by atoms with van der Waals surface area (Å²) < 4.78 is 0. The predicted octanol–water partition coefficient (Wildman–Crippen LogP) is 3.37. The fraction of sp³-hybridized carbons (Fsp3) is 0.944. The molecule has 1 saturated carbocycles. The van der Waals surface area contributed by atoms with Gasteiger partial charge in [-0.05, 0) is 50.5 Å². The number of piperidine rings is 1. The first-order valence-electron chi connectivity index (χ1n) is 9.29. The third-order valence-corrected chi connectivity index (χ3v) is 5.33. The number of unbranched alkanes of at least 4 members (excludes halogenated alkanes) is 1. The lowest BCUT2D eigenvalue weighted by molar-refractivity contribution is -0.127. The molecule has 1 aliphatic heterocycles. The first kappa shape index (κ1) is 24.0. The minimum absolute atomic E-state index is 0. The number of rotatable bonds is 6. The molecule has 0 aromatic carbocycles. The number of likely N-dealkylation sites (tertiary alicyclic amines) is 1. The van der Waals surface area contributed by atoms with Crippen molar-refractivity contribution in [1.29, 1.82) is 0 Å². The summed E-state index contributed by atoms with van der Waals surface area (Å²) in [6, 6.07) is 0. The van der Waals surface area contributed by atoms with Crippen LogP contribution in [0.4, 0.5) is 0 Å². The average molecular weight is 382 g/mol. The van der Waals surface area contributed by atoms with Gasteiger partial charge in [0.05, 0.1) is 5.54 Å². The Morgan fingerprint density at radius 1 is 1.08 bits per heavy atom. The summed E-state index contributed by atoms with van der Waals surface area (Å²) in [5.74, 6) is 1.73. The molecule has 2 fully saturated rings. The summed E-state index contributed by atoms with van der Waals surface area (Å²) in [5, 5.41) is 3.07. The van der Waals surface area contributed by atoms with Crippen LogP contribution in [0.25, 0.3) is 0 Å². The molecule has 3 N–H and O–H groups in total. The number of carbonyl (C=O) groups is 1. The van der Waals surface area contributed by atoms with Crippen molar-refractivity contribution in [3.05, 3.63) is 0 Å². The molecule has 2 atom stereocenters. The largest absolute Gasteiger partial charge is 0.355 e. The molecule has 0 aromatic heterocycles. The van der Waals surface area contributed by atoms with Crippen LogP contribution >= 0.6 is 24.8 Å². The lowest BCUT2D eigenvalue weighted by Gasteiger charge is -2.35. The third-order valence-electron chi connectivity index (χ3n) is 5.33. The Bertz CT molecular complexity index is 352. The molecule has 1 amide bonds. The van der Waals surface area contributed by atoms with E-state index in [9.17, 15) is 4.79 Å². The fourth-order valence-corrected chi connectivity index (χ4v) is 4.22. The highest BCUT2D eigenvalue weighted by atomic mass is 35.5. The zero-order valence-corrected chi connectivity index (χ0v) is 17.0. The Hall–Kier alpha value is -0.0300. The molecule has 0 radical (unpaired) electrons. The van der Waals surface area contributed by atoms with Crippen molar-refractivity contribution in [2.45, 2.75) is 70.8 Å². The molecule has 0 bridgehead atoms. The molecule has 2 rings (SSSR count). The van der Waals surface area contributed by atoms with Crippen LogP contribution in [0.3, 0.4) is 0 Å². The first-order valence-corrected chi connectivity index (χ1v) is 9.29. The number of amides is 1. The maximum atomic E-state index is 12.2. The van der Waals surface area contributed by atoms with Gasteiger partial charge in [-0.15, -0.1) is 24.8 Å².